The van der Waals surface area contributed by atoms with Gasteiger partial charge in [0.15, 0.2) is 0 Å². The Morgan fingerprint density at radius 1 is 1.00 bits per heavy atom. The minimum Gasteiger partial charge on any atom is -0.303 e. The Bertz CT molecular complexity index is 157. The number of carbonyl (C=O) groups excluding carboxylic acids is 1. The monoisotopic (exact) mass is 210 g/mol. The minimum atomic E-state index is 0.774. The zero-order valence-electron chi connectivity index (χ0n) is 10.2. The van der Waals surface area contributed by atoms with Gasteiger partial charge in [-0.15, -0.1) is 0 Å². The van der Waals surface area contributed by atoms with Crippen molar-refractivity contribution in [2.24, 2.45) is 11.8 Å². The van der Waals surface area contributed by atoms with E-state index in [9.17, 15) is 4.79 Å². The van der Waals surface area contributed by atoms with Crippen molar-refractivity contribution in [1.82, 2.24) is 0 Å². The summed E-state index contributed by atoms with van der Waals surface area (Å²) in [6.45, 7) is 2.28. The molecule has 1 heteroatoms. The molecule has 1 rings (SSSR count). The maximum Gasteiger partial charge on any atom is 0.119 e. The Balaban J connectivity index is 2.04. The zero-order chi connectivity index (χ0) is 10.9. The van der Waals surface area contributed by atoms with Gasteiger partial charge in [-0.05, 0) is 18.3 Å². The van der Waals surface area contributed by atoms with Gasteiger partial charge in [0.05, 0.1) is 0 Å². The van der Waals surface area contributed by atoms with Crippen LogP contribution in [0.1, 0.15) is 71.1 Å². The second-order valence-corrected chi connectivity index (χ2v) is 5.13. The predicted molar refractivity (Wildman–Crippen MR) is 64.9 cm³/mol. The van der Waals surface area contributed by atoms with Crippen molar-refractivity contribution in [2.45, 2.75) is 71.1 Å². The molecule has 1 aliphatic rings. The molecule has 0 unspecified atom stereocenters. The van der Waals surface area contributed by atoms with E-state index in [1.807, 2.05) is 0 Å². The highest BCUT2D eigenvalue weighted by molar-refractivity contribution is 5.48. The second kappa shape index (κ2) is 7.90. The lowest BCUT2D eigenvalue weighted by Gasteiger charge is -2.28. The van der Waals surface area contributed by atoms with Gasteiger partial charge in [-0.1, -0.05) is 58.3 Å². The maximum absolute atomic E-state index is 10.2. The third-order valence-electron chi connectivity index (χ3n) is 3.87. The van der Waals surface area contributed by atoms with Crippen molar-refractivity contribution in [3.63, 3.8) is 0 Å². The molecule has 0 aliphatic heterocycles. The second-order valence-electron chi connectivity index (χ2n) is 5.13. The Morgan fingerprint density at radius 2 is 1.53 bits per heavy atom. The zero-order valence-corrected chi connectivity index (χ0v) is 10.2. The topological polar surface area (TPSA) is 17.1 Å². The Morgan fingerprint density at radius 3 is 2.00 bits per heavy atom. The first-order chi connectivity index (χ1) is 7.36. The Kier molecular flexibility index (Phi) is 6.71. The quantitative estimate of drug-likeness (QED) is 0.451. The molecule has 1 fully saturated rings. The largest absolute Gasteiger partial charge is 0.303 e. The van der Waals surface area contributed by atoms with Crippen LogP contribution in [0.4, 0.5) is 0 Å². The summed E-state index contributed by atoms with van der Waals surface area (Å²) in [6.07, 6.45) is 14.2. The van der Waals surface area contributed by atoms with Crippen LogP contribution < -0.4 is 0 Å². The molecule has 0 saturated heterocycles. The molecular formula is C14H26O. The van der Waals surface area contributed by atoms with Gasteiger partial charge in [0.1, 0.15) is 6.29 Å². The standard InChI is InChI=1S/C14H26O/c1-2-3-6-13-8-10-14(11-9-13)7-4-5-12-15/h12-14H,2-11H2,1H3. The molecule has 0 heterocycles. The van der Waals surface area contributed by atoms with Crippen LogP contribution in [0.15, 0.2) is 0 Å². The highest BCUT2D eigenvalue weighted by atomic mass is 16.1. The molecule has 1 nitrogen and oxygen atoms in total. The van der Waals surface area contributed by atoms with E-state index in [0.717, 1.165) is 31.0 Å². The molecule has 0 atom stereocenters. The normalized spacial score (nSPS) is 26.5. The summed E-state index contributed by atoms with van der Waals surface area (Å²) in [5.74, 6) is 1.95. The van der Waals surface area contributed by atoms with Crippen LogP contribution in [0.5, 0.6) is 0 Å². The molecule has 0 aromatic carbocycles. The first-order valence-electron chi connectivity index (χ1n) is 6.80. The molecule has 0 spiro atoms. The van der Waals surface area contributed by atoms with Crippen molar-refractivity contribution in [2.75, 3.05) is 0 Å². The lowest BCUT2D eigenvalue weighted by Crippen LogP contribution is -2.14. The molecule has 0 N–H and O–H groups in total. The third kappa shape index (κ3) is 5.34. The van der Waals surface area contributed by atoms with Gasteiger partial charge >= 0.3 is 0 Å². The lowest BCUT2D eigenvalue weighted by atomic mass is 9.78. The van der Waals surface area contributed by atoms with E-state index in [1.165, 1.54) is 51.4 Å². The molecule has 0 bridgehead atoms. The average molecular weight is 210 g/mol. The smallest absolute Gasteiger partial charge is 0.119 e. The maximum atomic E-state index is 10.2. The van der Waals surface area contributed by atoms with E-state index in [4.69, 9.17) is 0 Å². The first kappa shape index (κ1) is 12.7. The molecule has 0 amide bonds. The van der Waals surface area contributed by atoms with Crippen LogP contribution in [0.3, 0.4) is 0 Å². The summed E-state index contributed by atoms with van der Waals surface area (Å²) in [5.41, 5.74) is 0. The minimum absolute atomic E-state index is 0.774. The van der Waals surface area contributed by atoms with E-state index in [0.29, 0.717) is 0 Å². The number of unbranched alkanes of at least 4 members (excludes halogenated alkanes) is 2. The van der Waals surface area contributed by atoms with Gasteiger partial charge in [0.25, 0.3) is 0 Å². The van der Waals surface area contributed by atoms with Crippen LogP contribution in [0.25, 0.3) is 0 Å². The fraction of sp³-hybridized carbons (Fsp3) is 0.929. The molecule has 1 saturated carbocycles. The highest BCUT2D eigenvalue weighted by Gasteiger charge is 2.19. The van der Waals surface area contributed by atoms with Crippen LogP contribution in [-0.4, -0.2) is 6.29 Å². The van der Waals surface area contributed by atoms with Gasteiger partial charge in [-0.25, -0.2) is 0 Å². The summed E-state index contributed by atoms with van der Waals surface area (Å²) >= 11 is 0. The van der Waals surface area contributed by atoms with E-state index in [2.05, 4.69) is 6.92 Å². The van der Waals surface area contributed by atoms with E-state index >= 15 is 0 Å². The van der Waals surface area contributed by atoms with Crippen molar-refractivity contribution < 1.29 is 4.79 Å². The molecular weight excluding hydrogens is 184 g/mol. The van der Waals surface area contributed by atoms with Crippen LogP contribution >= 0.6 is 0 Å². The van der Waals surface area contributed by atoms with Crippen molar-refractivity contribution >= 4 is 6.29 Å². The van der Waals surface area contributed by atoms with Gasteiger partial charge < -0.3 is 4.79 Å². The highest BCUT2D eigenvalue weighted by Crippen LogP contribution is 2.34. The van der Waals surface area contributed by atoms with E-state index in [1.54, 1.807) is 0 Å². The number of carbonyl (C=O) groups is 1. The number of rotatable bonds is 7. The van der Waals surface area contributed by atoms with Crippen molar-refractivity contribution in [3.8, 4) is 0 Å². The number of hydrogen-bond acceptors (Lipinski definition) is 1. The summed E-state index contributed by atoms with van der Waals surface area (Å²) in [5, 5.41) is 0. The SMILES string of the molecule is CCCCC1CCC(CCCC=O)CC1. The van der Waals surface area contributed by atoms with E-state index < -0.39 is 0 Å². The van der Waals surface area contributed by atoms with Crippen LogP contribution in [0, 0.1) is 11.8 Å². The molecule has 0 radical (unpaired) electrons. The third-order valence-corrected chi connectivity index (χ3v) is 3.87. The molecule has 88 valence electrons. The molecule has 0 aromatic rings. The van der Waals surface area contributed by atoms with Crippen molar-refractivity contribution in [3.05, 3.63) is 0 Å². The fourth-order valence-electron chi connectivity index (χ4n) is 2.79. The van der Waals surface area contributed by atoms with Gasteiger partial charge in [-0.2, -0.15) is 0 Å². The van der Waals surface area contributed by atoms with Crippen LogP contribution in [-0.2, 0) is 4.79 Å². The predicted octanol–water partition coefficient (Wildman–Crippen LogP) is 4.35. The number of aldehydes is 1. The lowest BCUT2D eigenvalue weighted by molar-refractivity contribution is -0.108. The summed E-state index contributed by atoms with van der Waals surface area (Å²) in [6, 6.07) is 0. The van der Waals surface area contributed by atoms with Crippen LogP contribution in [0.2, 0.25) is 0 Å². The average Bonchev–Trinajstić information content (AvgIpc) is 2.28. The molecule has 15 heavy (non-hydrogen) atoms. The molecule has 0 aromatic heterocycles. The van der Waals surface area contributed by atoms with Gasteiger partial charge in [0.2, 0.25) is 0 Å². The summed E-state index contributed by atoms with van der Waals surface area (Å²) in [7, 11) is 0. The van der Waals surface area contributed by atoms with E-state index in [-0.39, 0.29) is 0 Å². The molecule has 1 aliphatic carbocycles. The summed E-state index contributed by atoms with van der Waals surface area (Å²) in [4.78, 5) is 10.2. The van der Waals surface area contributed by atoms with Gasteiger partial charge in [0, 0.05) is 6.42 Å². The summed E-state index contributed by atoms with van der Waals surface area (Å²) < 4.78 is 0. The first-order valence-corrected chi connectivity index (χ1v) is 6.80. The number of hydrogen-bond donors (Lipinski definition) is 0. The van der Waals surface area contributed by atoms with Gasteiger partial charge in [-0.3, -0.25) is 0 Å². The fourth-order valence-corrected chi connectivity index (χ4v) is 2.79. The van der Waals surface area contributed by atoms with Crippen molar-refractivity contribution in [1.29, 1.82) is 0 Å². The Hall–Kier alpha value is -0.330. The Labute approximate surface area is 94.6 Å².